The molecule has 1 heterocycles. The van der Waals surface area contributed by atoms with Crippen LogP contribution >= 0.6 is 0 Å². The summed E-state index contributed by atoms with van der Waals surface area (Å²) in [6.07, 6.45) is -0.926. The Kier molecular flexibility index (Phi) is 2.46. The Bertz CT molecular complexity index is 373. The number of nitrogens with one attached hydrogen (secondary N) is 1. The van der Waals surface area contributed by atoms with E-state index in [0.717, 1.165) is 5.56 Å². The molecule has 80 valence electrons. The first-order valence-electron chi connectivity index (χ1n) is 4.84. The van der Waals surface area contributed by atoms with E-state index in [1.54, 1.807) is 0 Å². The van der Waals surface area contributed by atoms with E-state index in [9.17, 15) is 5.11 Å². The number of benzene rings is 1. The van der Waals surface area contributed by atoms with Crippen molar-refractivity contribution < 1.29 is 9.94 Å². The Balaban J connectivity index is 2.33. The summed E-state index contributed by atoms with van der Waals surface area (Å²) in [7, 11) is 0. The molecule has 1 unspecified atom stereocenters. The van der Waals surface area contributed by atoms with Gasteiger partial charge in [-0.25, -0.2) is 10.3 Å². The molecule has 0 aromatic heterocycles. The maximum absolute atomic E-state index is 9.51. The van der Waals surface area contributed by atoms with Gasteiger partial charge >= 0.3 is 0 Å². The van der Waals surface area contributed by atoms with E-state index in [-0.39, 0.29) is 0 Å². The van der Waals surface area contributed by atoms with Crippen molar-refractivity contribution in [3.05, 3.63) is 35.9 Å². The lowest BCUT2D eigenvalue weighted by Crippen LogP contribution is -2.48. The van der Waals surface area contributed by atoms with Crippen LogP contribution in [0.2, 0.25) is 0 Å². The highest BCUT2D eigenvalue weighted by Crippen LogP contribution is 2.20. The molecule has 0 spiro atoms. The predicted octanol–water partition coefficient (Wildman–Crippen LogP) is 1.06. The molecule has 0 fully saturated rings. The molecule has 0 bridgehead atoms. The number of aliphatic imine (C=N–C) groups is 1. The number of nitrogens with zero attached hydrogens (tertiary/aromatic N) is 1. The van der Waals surface area contributed by atoms with Crippen molar-refractivity contribution in [3.8, 4) is 0 Å². The van der Waals surface area contributed by atoms with Crippen molar-refractivity contribution in [1.82, 2.24) is 5.48 Å². The fourth-order valence-corrected chi connectivity index (χ4v) is 1.34. The van der Waals surface area contributed by atoms with Crippen molar-refractivity contribution in [2.75, 3.05) is 0 Å². The van der Waals surface area contributed by atoms with Crippen LogP contribution in [0.1, 0.15) is 19.4 Å². The van der Waals surface area contributed by atoms with Gasteiger partial charge < -0.3 is 5.11 Å². The van der Waals surface area contributed by atoms with Crippen LogP contribution < -0.4 is 5.48 Å². The SMILES string of the molecule is CC1(C)N=C(c2ccccc2)NOC1O. The lowest BCUT2D eigenvalue weighted by Gasteiger charge is -2.32. The van der Waals surface area contributed by atoms with E-state index in [2.05, 4.69) is 10.5 Å². The summed E-state index contributed by atoms with van der Waals surface area (Å²) in [6.45, 7) is 3.64. The van der Waals surface area contributed by atoms with Crippen LogP contribution in [0.4, 0.5) is 0 Å². The first-order chi connectivity index (χ1) is 7.09. The minimum absolute atomic E-state index is 0.629. The van der Waals surface area contributed by atoms with Crippen molar-refractivity contribution in [2.45, 2.75) is 25.7 Å². The Morgan fingerprint density at radius 1 is 1.33 bits per heavy atom. The molecule has 1 aliphatic rings. The predicted molar refractivity (Wildman–Crippen MR) is 57.3 cm³/mol. The Labute approximate surface area is 88.6 Å². The second kappa shape index (κ2) is 3.64. The van der Waals surface area contributed by atoms with Gasteiger partial charge in [0, 0.05) is 5.56 Å². The average molecular weight is 206 g/mol. The number of hydrogen-bond acceptors (Lipinski definition) is 4. The van der Waals surface area contributed by atoms with Gasteiger partial charge in [0.2, 0.25) is 6.29 Å². The Hall–Kier alpha value is -1.39. The minimum atomic E-state index is -0.926. The molecule has 4 nitrogen and oxygen atoms in total. The number of aliphatic hydroxyl groups is 1. The molecule has 0 saturated heterocycles. The zero-order valence-electron chi connectivity index (χ0n) is 8.77. The minimum Gasteiger partial charge on any atom is -0.364 e. The molecule has 2 rings (SSSR count). The third kappa shape index (κ3) is 2.00. The molecular weight excluding hydrogens is 192 g/mol. The number of amidine groups is 1. The Morgan fingerprint density at radius 3 is 2.60 bits per heavy atom. The molecule has 1 aliphatic heterocycles. The van der Waals surface area contributed by atoms with Crippen LogP contribution in [0.25, 0.3) is 0 Å². The second-order valence-corrected chi connectivity index (χ2v) is 4.05. The highest BCUT2D eigenvalue weighted by Gasteiger charge is 2.33. The van der Waals surface area contributed by atoms with Gasteiger partial charge in [-0.3, -0.25) is 4.99 Å². The molecule has 0 radical (unpaired) electrons. The second-order valence-electron chi connectivity index (χ2n) is 4.05. The van der Waals surface area contributed by atoms with Gasteiger partial charge in [-0.05, 0) is 13.8 Å². The molecule has 15 heavy (non-hydrogen) atoms. The number of aliphatic hydroxyl groups excluding tert-OH is 1. The van der Waals surface area contributed by atoms with E-state index in [1.807, 2.05) is 44.2 Å². The molecule has 1 atom stereocenters. The first-order valence-corrected chi connectivity index (χ1v) is 4.84. The van der Waals surface area contributed by atoms with E-state index in [0.29, 0.717) is 5.84 Å². The molecular formula is C11H14N2O2. The van der Waals surface area contributed by atoms with Gasteiger partial charge in [-0.1, -0.05) is 30.3 Å². The van der Waals surface area contributed by atoms with Crippen molar-refractivity contribution in [3.63, 3.8) is 0 Å². The smallest absolute Gasteiger partial charge is 0.206 e. The molecule has 0 aliphatic carbocycles. The van der Waals surface area contributed by atoms with Crippen LogP contribution in [-0.2, 0) is 4.84 Å². The van der Waals surface area contributed by atoms with Crippen LogP contribution in [0.15, 0.2) is 35.3 Å². The zero-order valence-corrected chi connectivity index (χ0v) is 8.77. The van der Waals surface area contributed by atoms with Gasteiger partial charge in [0.05, 0.1) is 0 Å². The summed E-state index contributed by atoms with van der Waals surface area (Å²) >= 11 is 0. The summed E-state index contributed by atoms with van der Waals surface area (Å²) in [4.78, 5) is 9.43. The van der Waals surface area contributed by atoms with Gasteiger partial charge in [-0.2, -0.15) is 0 Å². The van der Waals surface area contributed by atoms with E-state index < -0.39 is 11.8 Å². The maximum atomic E-state index is 9.51. The summed E-state index contributed by atoms with van der Waals surface area (Å²) < 4.78 is 0. The highest BCUT2D eigenvalue weighted by atomic mass is 16.7. The standard InChI is InChI=1S/C11H14N2O2/c1-11(2)10(14)15-13-9(12-11)8-6-4-3-5-7-8/h3-7,10,14H,1-2H3,(H,12,13). The fourth-order valence-electron chi connectivity index (χ4n) is 1.34. The van der Waals surface area contributed by atoms with Crippen LogP contribution in [0.3, 0.4) is 0 Å². The molecule has 0 saturated carbocycles. The van der Waals surface area contributed by atoms with Crippen LogP contribution in [0.5, 0.6) is 0 Å². The summed E-state index contributed by atoms with van der Waals surface area (Å²) in [5.41, 5.74) is 2.95. The summed E-state index contributed by atoms with van der Waals surface area (Å²) in [5, 5.41) is 9.51. The van der Waals surface area contributed by atoms with E-state index in [1.165, 1.54) is 0 Å². The lowest BCUT2D eigenvalue weighted by atomic mass is 10.1. The van der Waals surface area contributed by atoms with Gasteiger partial charge in [0.15, 0.2) is 5.84 Å². The average Bonchev–Trinajstić information content (AvgIpc) is 2.23. The molecule has 1 aromatic carbocycles. The van der Waals surface area contributed by atoms with Crippen LogP contribution in [0, 0.1) is 0 Å². The first kappa shape index (κ1) is 10.1. The number of hydroxylamine groups is 1. The number of hydrogen-bond donors (Lipinski definition) is 2. The maximum Gasteiger partial charge on any atom is 0.206 e. The third-order valence-electron chi connectivity index (χ3n) is 2.32. The number of rotatable bonds is 1. The Morgan fingerprint density at radius 2 is 2.00 bits per heavy atom. The van der Waals surface area contributed by atoms with E-state index >= 15 is 0 Å². The lowest BCUT2D eigenvalue weighted by molar-refractivity contribution is -0.167. The molecule has 2 N–H and O–H groups in total. The van der Waals surface area contributed by atoms with Gasteiger partial charge in [0.1, 0.15) is 5.54 Å². The normalized spacial score (nSPS) is 24.2. The summed E-state index contributed by atoms with van der Waals surface area (Å²) in [6, 6.07) is 9.66. The molecule has 1 aromatic rings. The topological polar surface area (TPSA) is 53.9 Å². The monoisotopic (exact) mass is 206 g/mol. The fraction of sp³-hybridized carbons (Fsp3) is 0.364. The molecule has 0 amide bonds. The summed E-state index contributed by atoms with van der Waals surface area (Å²) in [5.74, 6) is 0.644. The molecule has 4 heteroatoms. The third-order valence-corrected chi connectivity index (χ3v) is 2.32. The van der Waals surface area contributed by atoms with Crippen molar-refractivity contribution in [2.24, 2.45) is 4.99 Å². The van der Waals surface area contributed by atoms with Crippen molar-refractivity contribution in [1.29, 1.82) is 0 Å². The van der Waals surface area contributed by atoms with Crippen LogP contribution in [-0.4, -0.2) is 22.8 Å². The van der Waals surface area contributed by atoms with E-state index in [4.69, 9.17) is 4.84 Å². The largest absolute Gasteiger partial charge is 0.364 e. The zero-order chi connectivity index (χ0) is 10.9. The van der Waals surface area contributed by atoms with Crippen molar-refractivity contribution >= 4 is 5.84 Å². The van der Waals surface area contributed by atoms with Gasteiger partial charge in [-0.15, -0.1) is 0 Å². The highest BCUT2D eigenvalue weighted by molar-refractivity contribution is 5.98. The van der Waals surface area contributed by atoms with Gasteiger partial charge in [0.25, 0.3) is 0 Å². The quantitative estimate of drug-likeness (QED) is 0.722.